The third-order valence-electron chi connectivity index (χ3n) is 4.50. The standard InChI is InChI=1S/C16H21N3O2.ClH/c1-19(11-6-8-17-9-7-11)16(21)13-10-15(20)18-14-5-3-2-4-12(13)14;/h2-5,11,13,17H,6-10H2,1H3,(H,18,20);1H. The van der Waals surface area contributed by atoms with Gasteiger partial charge in [0.15, 0.2) is 0 Å². The highest BCUT2D eigenvalue weighted by atomic mass is 35.5. The summed E-state index contributed by atoms with van der Waals surface area (Å²) in [5.74, 6) is -0.371. The average Bonchev–Trinajstić information content (AvgIpc) is 2.53. The Morgan fingerprint density at radius 2 is 1.91 bits per heavy atom. The minimum atomic E-state index is -0.352. The summed E-state index contributed by atoms with van der Waals surface area (Å²) in [6, 6.07) is 7.87. The smallest absolute Gasteiger partial charge is 0.230 e. The van der Waals surface area contributed by atoms with Gasteiger partial charge >= 0.3 is 0 Å². The molecule has 3 rings (SSSR count). The first-order valence-electron chi connectivity index (χ1n) is 7.53. The fourth-order valence-electron chi connectivity index (χ4n) is 3.25. The van der Waals surface area contributed by atoms with Gasteiger partial charge in [-0.15, -0.1) is 12.4 Å². The van der Waals surface area contributed by atoms with Crippen molar-refractivity contribution in [3.8, 4) is 0 Å². The molecule has 2 aliphatic rings. The van der Waals surface area contributed by atoms with Crippen molar-refractivity contribution in [2.75, 3.05) is 25.5 Å². The van der Waals surface area contributed by atoms with Crippen LogP contribution in [0.2, 0.25) is 0 Å². The number of piperidine rings is 1. The van der Waals surface area contributed by atoms with Crippen LogP contribution in [-0.4, -0.2) is 42.9 Å². The Morgan fingerprint density at radius 3 is 2.64 bits per heavy atom. The fourth-order valence-corrected chi connectivity index (χ4v) is 3.25. The third kappa shape index (κ3) is 3.25. The van der Waals surface area contributed by atoms with E-state index in [-0.39, 0.29) is 42.6 Å². The van der Waals surface area contributed by atoms with Crippen LogP contribution in [0.25, 0.3) is 0 Å². The van der Waals surface area contributed by atoms with Crippen LogP contribution in [0.1, 0.15) is 30.7 Å². The molecule has 0 spiro atoms. The number of hydrogen-bond donors (Lipinski definition) is 2. The van der Waals surface area contributed by atoms with Crippen molar-refractivity contribution in [1.29, 1.82) is 0 Å². The number of likely N-dealkylation sites (N-methyl/N-ethyl adjacent to an activating group) is 1. The lowest BCUT2D eigenvalue weighted by Gasteiger charge is -2.35. The molecule has 2 N–H and O–H groups in total. The van der Waals surface area contributed by atoms with Gasteiger partial charge < -0.3 is 15.5 Å². The number of carbonyl (C=O) groups excluding carboxylic acids is 2. The molecule has 1 fully saturated rings. The molecule has 2 amide bonds. The third-order valence-corrected chi connectivity index (χ3v) is 4.50. The number of para-hydroxylation sites is 1. The minimum Gasteiger partial charge on any atom is -0.342 e. The Hall–Kier alpha value is -1.59. The second kappa shape index (κ2) is 7.11. The van der Waals surface area contributed by atoms with Crippen LogP contribution >= 0.6 is 12.4 Å². The van der Waals surface area contributed by atoms with Crippen LogP contribution in [0.3, 0.4) is 0 Å². The van der Waals surface area contributed by atoms with E-state index < -0.39 is 0 Å². The largest absolute Gasteiger partial charge is 0.342 e. The maximum absolute atomic E-state index is 12.8. The maximum atomic E-state index is 12.8. The van der Waals surface area contributed by atoms with E-state index in [0.717, 1.165) is 37.2 Å². The zero-order valence-electron chi connectivity index (χ0n) is 12.7. The predicted octanol–water partition coefficient (Wildman–Crippen LogP) is 1.74. The van der Waals surface area contributed by atoms with Crippen molar-refractivity contribution in [2.45, 2.75) is 31.2 Å². The SMILES string of the molecule is CN(C(=O)C1CC(=O)Nc2ccccc21)C1CCNCC1.Cl. The molecule has 0 bridgehead atoms. The van der Waals surface area contributed by atoms with E-state index in [1.54, 1.807) is 0 Å². The summed E-state index contributed by atoms with van der Waals surface area (Å²) in [5, 5.41) is 6.15. The average molecular weight is 324 g/mol. The molecule has 5 nitrogen and oxygen atoms in total. The molecule has 0 aliphatic carbocycles. The summed E-state index contributed by atoms with van der Waals surface area (Å²) in [7, 11) is 1.87. The number of halogens is 1. The van der Waals surface area contributed by atoms with E-state index in [4.69, 9.17) is 0 Å². The number of anilines is 1. The Bertz CT molecular complexity index is 558. The first-order chi connectivity index (χ1) is 10.2. The normalized spacial score (nSPS) is 21.3. The molecule has 2 aliphatic heterocycles. The van der Waals surface area contributed by atoms with Crippen LogP contribution in [-0.2, 0) is 9.59 Å². The fraction of sp³-hybridized carbons (Fsp3) is 0.500. The number of benzene rings is 1. The number of carbonyl (C=O) groups is 2. The number of hydrogen-bond acceptors (Lipinski definition) is 3. The second-order valence-electron chi connectivity index (χ2n) is 5.82. The number of amides is 2. The molecule has 1 aromatic carbocycles. The van der Waals surface area contributed by atoms with Gasteiger partial charge in [-0.1, -0.05) is 18.2 Å². The first kappa shape index (κ1) is 16.8. The molecule has 120 valence electrons. The molecule has 0 radical (unpaired) electrons. The number of rotatable bonds is 2. The molecule has 2 heterocycles. The van der Waals surface area contributed by atoms with Crippen LogP contribution in [0.4, 0.5) is 5.69 Å². The van der Waals surface area contributed by atoms with Crippen molar-refractivity contribution in [3.63, 3.8) is 0 Å². The monoisotopic (exact) mass is 323 g/mol. The highest BCUT2D eigenvalue weighted by Crippen LogP contribution is 2.33. The molecule has 1 aromatic rings. The van der Waals surface area contributed by atoms with Crippen molar-refractivity contribution in [3.05, 3.63) is 29.8 Å². The summed E-state index contributed by atoms with van der Waals surface area (Å²) in [4.78, 5) is 26.5. The first-order valence-corrected chi connectivity index (χ1v) is 7.53. The van der Waals surface area contributed by atoms with E-state index in [2.05, 4.69) is 10.6 Å². The molecule has 6 heteroatoms. The van der Waals surface area contributed by atoms with E-state index in [1.807, 2.05) is 36.2 Å². The quantitative estimate of drug-likeness (QED) is 0.871. The summed E-state index contributed by atoms with van der Waals surface area (Å²) in [5.41, 5.74) is 1.70. The van der Waals surface area contributed by atoms with E-state index in [0.29, 0.717) is 0 Å². The van der Waals surface area contributed by atoms with Gasteiger partial charge in [-0.3, -0.25) is 9.59 Å². The molecule has 1 saturated heterocycles. The van der Waals surface area contributed by atoms with Crippen LogP contribution in [0.5, 0.6) is 0 Å². The Morgan fingerprint density at radius 1 is 1.23 bits per heavy atom. The van der Waals surface area contributed by atoms with Crippen molar-refractivity contribution in [1.82, 2.24) is 10.2 Å². The molecule has 0 aromatic heterocycles. The van der Waals surface area contributed by atoms with Gasteiger partial charge in [0.05, 0.1) is 5.92 Å². The van der Waals surface area contributed by atoms with Gasteiger partial charge in [0.1, 0.15) is 0 Å². The van der Waals surface area contributed by atoms with Gasteiger partial charge in [-0.05, 0) is 37.6 Å². The van der Waals surface area contributed by atoms with E-state index in [1.165, 1.54) is 0 Å². The number of nitrogens with zero attached hydrogens (tertiary/aromatic N) is 1. The lowest BCUT2D eigenvalue weighted by molar-refractivity contribution is -0.136. The topological polar surface area (TPSA) is 61.4 Å². The lowest BCUT2D eigenvalue weighted by Crippen LogP contribution is -2.46. The highest BCUT2D eigenvalue weighted by molar-refractivity contribution is 6.01. The minimum absolute atomic E-state index is 0. The molecule has 0 saturated carbocycles. The summed E-state index contributed by atoms with van der Waals surface area (Å²) >= 11 is 0. The molecule has 1 unspecified atom stereocenters. The zero-order chi connectivity index (χ0) is 14.8. The van der Waals surface area contributed by atoms with Gasteiger partial charge in [0, 0.05) is 25.2 Å². The lowest BCUT2D eigenvalue weighted by atomic mass is 9.88. The van der Waals surface area contributed by atoms with E-state index in [9.17, 15) is 9.59 Å². The molecule has 22 heavy (non-hydrogen) atoms. The summed E-state index contributed by atoms with van der Waals surface area (Å²) < 4.78 is 0. The van der Waals surface area contributed by atoms with Gasteiger partial charge in [0.2, 0.25) is 11.8 Å². The number of nitrogens with one attached hydrogen (secondary N) is 2. The van der Waals surface area contributed by atoms with Gasteiger partial charge in [-0.25, -0.2) is 0 Å². The highest BCUT2D eigenvalue weighted by Gasteiger charge is 2.34. The van der Waals surface area contributed by atoms with Crippen molar-refractivity contribution >= 4 is 29.9 Å². The summed E-state index contributed by atoms with van der Waals surface area (Å²) in [6.45, 7) is 1.90. The van der Waals surface area contributed by atoms with Crippen LogP contribution < -0.4 is 10.6 Å². The molecular formula is C16H22ClN3O2. The van der Waals surface area contributed by atoms with E-state index >= 15 is 0 Å². The van der Waals surface area contributed by atoms with Crippen molar-refractivity contribution in [2.24, 2.45) is 0 Å². The number of fused-ring (bicyclic) bond motifs is 1. The Labute approximate surface area is 136 Å². The Kier molecular flexibility index (Phi) is 5.42. The van der Waals surface area contributed by atoms with Crippen LogP contribution in [0, 0.1) is 0 Å². The molecular weight excluding hydrogens is 302 g/mol. The van der Waals surface area contributed by atoms with Gasteiger partial charge in [-0.2, -0.15) is 0 Å². The zero-order valence-corrected chi connectivity index (χ0v) is 13.5. The maximum Gasteiger partial charge on any atom is 0.230 e. The van der Waals surface area contributed by atoms with Gasteiger partial charge in [0.25, 0.3) is 0 Å². The second-order valence-corrected chi connectivity index (χ2v) is 5.82. The van der Waals surface area contributed by atoms with Crippen molar-refractivity contribution < 1.29 is 9.59 Å². The van der Waals surface area contributed by atoms with Crippen LogP contribution in [0.15, 0.2) is 24.3 Å². The summed E-state index contributed by atoms with van der Waals surface area (Å²) in [6.07, 6.45) is 2.19. The Balaban J connectivity index is 0.00000176. The predicted molar refractivity (Wildman–Crippen MR) is 88.3 cm³/mol. The molecule has 1 atom stereocenters.